The third-order valence-electron chi connectivity index (χ3n) is 1.53. The van der Waals surface area contributed by atoms with Crippen LogP contribution in [0.5, 0.6) is 11.5 Å². The summed E-state index contributed by atoms with van der Waals surface area (Å²) in [5.41, 5.74) is -0.375. The first-order chi connectivity index (χ1) is 6.11. The van der Waals surface area contributed by atoms with E-state index in [1.165, 1.54) is 7.11 Å². The van der Waals surface area contributed by atoms with E-state index in [1.807, 2.05) is 0 Å². The minimum absolute atomic E-state index is 0.104. The van der Waals surface area contributed by atoms with Crippen molar-refractivity contribution in [3.05, 3.63) is 22.5 Å². The first-order valence-electron chi connectivity index (χ1n) is 3.32. The van der Waals surface area contributed by atoms with Gasteiger partial charge in [0, 0.05) is 6.07 Å². The zero-order valence-electron chi connectivity index (χ0n) is 6.67. The lowest BCUT2D eigenvalue weighted by atomic mass is 10.2. The number of aromatic hydroxyl groups is 1. The van der Waals surface area contributed by atoms with E-state index >= 15 is 0 Å². The number of phenols is 1. The number of benzene rings is 1. The second kappa shape index (κ2) is 3.62. The van der Waals surface area contributed by atoms with Gasteiger partial charge in [-0.15, -0.1) is 0 Å². The zero-order valence-corrected chi connectivity index (χ0v) is 7.43. The highest BCUT2D eigenvalue weighted by atomic mass is 35.5. The van der Waals surface area contributed by atoms with Crippen LogP contribution < -0.4 is 4.74 Å². The number of rotatable bonds is 2. The Balaban J connectivity index is 3.45. The van der Waals surface area contributed by atoms with Crippen molar-refractivity contribution in [2.75, 3.05) is 7.11 Å². The van der Waals surface area contributed by atoms with Gasteiger partial charge in [-0.05, 0) is 0 Å². The van der Waals surface area contributed by atoms with Crippen LogP contribution in [-0.2, 0) is 0 Å². The highest BCUT2D eigenvalue weighted by molar-refractivity contribution is 6.34. The summed E-state index contributed by atoms with van der Waals surface area (Å²) in [6.07, 6.45) is 0.233. The maximum atomic E-state index is 13.0. The second-order valence-electron chi connectivity index (χ2n) is 2.25. The lowest BCUT2D eigenvalue weighted by Crippen LogP contribution is -1.93. The molecule has 3 nitrogen and oxygen atoms in total. The number of carbonyl (C=O) groups excluding carboxylic acids is 1. The van der Waals surface area contributed by atoms with Gasteiger partial charge in [0.1, 0.15) is 5.82 Å². The Morgan fingerprint density at radius 3 is 2.77 bits per heavy atom. The molecule has 0 aromatic heterocycles. The molecule has 0 radical (unpaired) electrons. The molecule has 0 amide bonds. The van der Waals surface area contributed by atoms with Gasteiger partial charge < -0.3 is 9.84 Å². The van der Waals surface area contributed by atoms with Crippen LogP contribution in [0.1, 0.15) is 10.4 Å². The molecular weight excluding hydrogens is 199 g/mol. The molecule has 13 heavy (non-hydrogen) atoms. The van der Waals surface area contributed by atoms with E-state index in [0.29, 0.717) is 0 Å². The van der Waals surface area contributed by atoms with Gasteiger partial charge in [-0.25, -0.2) is 4.39 Å². The van der Waals surface area contributed by atoms with Crippen LogP contribution in [0.3, 0.4) is 0 Å². The van der Waals surface area contributed by atoms with Gasteiger partial charge in [0.25, 0.3) is 0 Å². The number of hydrogen-bond acceptors (Lipinski definition) is 3. The van der Waals surface area contributed by atoms with Crippen molar-refractivity contribution in [2.24, 2.45) is 0 Å². The third-order valence-corrected chi connectivity index (χ3v) is 1.91. The number of phenolic OH excluding ortho intramolecular Hbond substituents is 1. The van der Waals surface area contributed by atoms with Crippen LogP contribution >= 0.6 is 11.6 Å². The molecule has 1 aromatic carbocycles. The summed E-state index contributed by atoms with van der Waals surface area (Å²) >= 11 is 5.48. The number of aldehydes is 1. The smallest absolute Gasteiger partial charge is 0.177 e. The maximum absolute atomic E-state index is 13.0. The van der Waals surface area contributed by atoms with Crippen LogP contribution in [0.15, 0.2) is 6.07 Å². The number of hydrogen-bond donors (Lipinski definition) is 1. The summed E-state index contributed by atoms with van der Waals surface area (Å²) in [6, 6.07) is 0.894. The van der Waals surface area contributed by atoms with Crippen molar-refractivity contribution < 1.29 is 19.0 Å². The van der Waals surface area contributed by atoms with E-state index in [4.69, 9.17) is 11.6 Å². The second-order valence-corrected chi connectivity index (χ2v) is 2.63. The largest absolute Gasteiger partial charge is 0.503 e. The van der Waals surface area contributed by atoms with Crippen LogP contribution in [-0.4, -0.2) is 18.5 Å². The molecule has 70 valence electrons. The van der Waals surface area contributed by atoms with Crippen LogP contribution in [0, 0.1) is 5.82 Å². The summed E-state index contributed by atoms with van der Waals surface area (Å²) < 4.78 is 17.6. The fourth-order valence-corrected chi connectivity index (χ4v) is 1.09. The topological polar surface area (TPSA) is 46.5 Å². The Morgan fingerprint density at radius 2 is 2.31 bits per heavy atom. The molecule has 0 saturated carbocycles. The van der Waals surface area contributed by atoms with Crippen molar-refractivity contribution in [3.63, 3.8) is 0 Å². The normalized spacial score (nSPS) is 9.77. The first kappa shape index (κ1) is 9.80. The molecule has 1 rings (SSSR count). The van der Waals surface area contributed by atoms with Gasteiger partial charge >= 0.3 is 0 Å². The van der Waals surface area contributed by atoms with E-state index in [2.05, 4.69) is 4.74 Å². The molecule has 5 heteroatoms. The van der Waals surface area contributed by atoms with Gasteiger partial charge in [-0.2, -0.15) is 0 Å². The minimum atomic E-state index is -0.824. The fourth-order valence-electron chi connectivity index (χ4n) is 0.865. The van der Waals surface area contributed by atoms with Crippen molar-refractivity contribution in [2.45, 2.75) is 0 Å². The van der Waals surface area contributed by atoms with Crippen molar-refractivity contribution >= 4 is 17.9 Å². The summed E-state index contributed by atoms with van der Waals surface area (Å²) in [7, 11) is 1.26. The third kappa shape index (κ3) is 1.58. The van der Waals surface area contributed by atoms with E-state index in [0.717, 1.165) is 6.07 Å². The van der Waals surface area contributed by atoms with Gasteiger partial charge in [0.2, 0.25) is 0 Å². The lowest BCUT2D eigenvalue weighted by molar-refractivity contribution is 0.111. The molecule has 0 fully saturated rings. The van der Waals surface area contributed by atoms with Crippen LogP contribution in [0.2, 0.25) is 5.02 Å². The first-order valence-corrected chi connectivity index (χ1v) is 3.69. The Morgan fingerprint density at radius 1 is 1.69 bits per heavy atom. The summed E-state index contributed by atoms with van der Waals surface area (Å²) in [6.45, 7) is 0. The monoisotopic (exact) mass is 204 g/mol. The average molecular weight is 205 g/mol. The van der Waals surface area contributed by atoms with E-state index < -0.39 is 11.6 Å². The van der Waals surface area contributed by atoms with Crippen molar-refractivity contribution in [3.8, 4) is 11.5 Å². The van der Waals surface area contributed by atoms with Crippen LogP contribution in [0.25, 0.3) is 0 Å². The predicted octanol–water partition coefficient (Wildman–Crippen LogP) is 2.01. The van der Waals surface area contributed by atoms with Gasteiger partial charge in [0.15, 0.2) is 17.8 Å². The van der Waals surface area contributed by atoms with Crippen LogP contribution in [0.4, 0.5) is 4.39 Å². The Labute approximate surface area is 78.7 Å². The minimum Gasteiger partial charge on any atom is -0.503 e. The Kier molecular flexibility index (Phi) is 2.72. The molecule has 0 aliphatic heterocycles. The Bertz CT molecular complexity index is 352. The molecule has 0 bridgehead atoms. The van der Waals surface area contributed by atoms with Crippen molar-refractivity contribution in [1.82, 2.24) is 0 Å². The summed E-state index contributed by atoms with van der Waals surface area (Å²) in [4.78, 5) is 10.3. The highest BCUT2D eigenvalue weighted by Gasteiger charge is 2.16. The molecule has 1 N–H and O–H groups in total. The number of halogens is 2. The quantitative estimate of drug-likeness (QED) is 0.750. The number of ether oxygens (including phenoxy) is 1. The fraction of sp³-hybridized carbons (Fsp3) is 0.125. The predicted molar refractivity (Wildman–Crippen MR) is 45.0 cm³/mol. The zero-order chi connectivity index (χ0) is 10.0. The van der Waals surface area contributed by atoms with E-state index in [-0.39, 0.29) is 22.6 Å². The van der Waals surface area contributed by atoms with Gasteiger partial charge in [0.05, 0.1) is 17.7 Å². The number of carbonyl (C=O) groups is 1. The number of methoxy groups -OCH3 is 1. The average Bonchev–Trinajstić information content (AvgIpc) is 2.12. The van der Waals surface area contributed by atoms with Gasteiger partial charge in [-0.3, -0.25) is 4.79 Å². The lowest BCUT2D eigenvalue weighted by Gasteiger charge is -2.06. The van der Waals surface area contributed by atoms with E-state index in [9.17, 15) is 14.3 Å². The SMILES string of the molecule is COc1cc(F)c(C=O)c(Cl)c1O. The molecule has 0 saturated heterocycles. The van der Waals surface area contributed by atoms with Gasteiger partial charge in [-0.1, -0.05) is 11.6 Å². The molecule has 0 aliphatic rings. The molecule has 0 spiro atoms. The molecule has 0 unspecified atom stereocenters. The maximum Gasteiger partial charge on any atom is 0.177 e. The van der Waals surface area contributed by atoms with Crippen molar-refractivity contribution in [1.29, 1.82) is 0 Å². The van der Waals surface area contributed by atoms with E-state index in [1.54, 1.807) is 0 Å². The molecule has 0 atom stereocenters. The summed E-state index contributed by atoms with van der Waals surface area (Å²) in [5.74, 6) is -1.37. The standard InChI is InChI=1S/C8H6ClFO3/c1-13-6-2-5(10)4(3-11)7(9)8(6)12/h2-3,12H,1H3. The molecular formula is C8H6ClFO3. The Hall–Kier alpha value is -1.29. The molecule has 1 aromatic rings. The molecule has 0 heterocycles. The molecule has 0 aliphatic carbocycles. The summed E-state index contributed by atoms with van der Waals surface area (Å²) in [5, 5.41) is 8.91. The highest BCUT2D eigenvalue weighted by Crippen LogP contribution is 2.37.